The third kappa shape index (κ3) is 4.80. The molecule has 0 spiro atoms. The lowest BCUT2D eigenvalue weighted by atomic mass is 9.47. The van der Waals surface area contributed by atoms with Gasteiger partial charge in [-0.3, -0.25) is 13.9 Å². The zero-order valence-corrected chi connectivity index (χ0v) is 22.6. The van der Waals surface area contributed by atoms with E-state index in [9.17, 15) is 23.1 Å². The van der Waals surface area contributed by atoms with Crippen LogP contribution >= 0.6 is 34.8 Å². The van der Waals surface area contributed by atoms with E-state index in [1.54, 1.807) is 0 Å². The molecule has 0 aromatic heterocycles. The van der Waals surface area contributed by atoms with Crippen LogP contribution in [0.5, 0.6) is 0 Å². The van der Waals surface area contributed by atoms with Crippen molar-refractivity contribution in [3.63, 3.8) is 0 Å². The molecule has 1 aromatic carbocycles. The average molecular weight is 580 g/mol. The molecule has 36 heavy (non-hydrogen) atoms. The number of benzene rings is 1. The molecule has 4 bridgehead atoms. The number of amides is 2. The number of β-amino-alcohol motifs (C(OH)–C–C–N with tert-alkyl or cyclic N) is 1. The second-order valence-electron chi connectivity index (χ2n) is 10.9. The topological polar surface area (TPSA) is 133 Å². The number of nitrogens with one attached hydrogen (secondary N) is 1. The molecule has 5 aliphatic rings. The van der Waals surface area contributed by atoms with Gasteiger partial charge in [0, 0.05) is 24.0 Å². The smallest absolute Gasteiger partial charge is 0.304 e. The molecule has 0 radical (unpaired) electrons. The van der Waals surface area contributed by atoms with Gasteiger partial charge >= 0.3 is 10.2 Å². The first-order valence-electron chi connectivity index (χ1n) is 12.0. The Morgan fingerprint density at radius 1 is 1.08 bits per heavy atom. The number of rotatable bonds is 6. The predicted molar refractivity (Wildman–Crippen MR) is 137 cm³/mol. The van der Waals surface area contributed by atoms with E-state index >= 15 is 0 Å². The highest BCUT2D eigenvalue weighted by molar-refractivity contribution is 7.90. The van der Waals surface area contributed by atoms with Gasteiger partial charge in [0.05, 0.1) is 34.9 Å². The van der Waals surface area contributed by atoms with E-state index in [-0.39, 0.29) is 63.0 Å². The van der Waals surface area contributed by atoms with Crippen LogP contribution in [-0.4, -0.2) is 61.4 Å². The van der Waals surface area contributed by atoms with Crippen LogP contribution in [0.25, 0.3) is 0 Å². The zero-order chi connectivity index (χ0) is 26.0. The first kappa shape index (κ1) is 26.3. The van der Waals surface area contributed by atoms with Crippen molar-refractivity contribution in [1.29, 1.82) is 0 Å². The highest BCUT2D eigenvalue weighted by atomic mass is 35.5. The molecule has 3 atom stereocenters. The molecule has 3 unspecified atom stereocenters. The van der Waals surface area contributed by atoms with Crippen molar-refractivity contribution >= 4 is 62.5 Å². The molecular weight excluding hydrogens is 551 g/mol. The Hall–Kier alpha value is -1.30. The van der Waals surface area contributed by atoms with Crippen LogP contribution in [0.1, 0.15) is 38.5 Å². The van der Waals surface area contributed by atoms with E-state index in [4.69, 9.17) is 40.5 Å². The van der Waals surface area contributed by atoms with Crippen LogP contribution in [0.4, 0.5) is 5.69 Å². The molecule has 1 heterocycles. The maximum atomic E-state index is 13.4. The van der Waals surface area contributed by atoms with Gasteiger partial charge in [-0.25, -0.2) is 0 Å². The van der Waals surface area contributed by atoms with Gasteiger partial charge < -0.3 is 16.2 Å². The first-order valence-corrected chi connectivity index (χ1v) is 14.6. The van der Waals surface area contributed by atoms with Crippen LogP contribution in [-0.2, 0) is 19.8 Å². The van der Waals surface area contributed by atoms with Gasteiger partial charge in [0.25, 0.3) is 0 Å². The van der Waals surface area contributed by atoms with E-state index in [0.29, 0.717) is 12.3 Å². The molecule has 6 rings (SSSR count). The van der Waals surface area contributed by atoms with E-state index in [2.05, 4.69) is 5.32 Å². The van der Waals surface area contributed by atoms with Crippen molar-refractivity contribution in [2.45, 2.75) is 50.7 Å². The van der Waals surface area contributed by atoms with Gasteiger partial charge in [0.2, 0.25) is 11.8 Å². The van der Waals surface area contributed by atoms with E-state index < -0.39 is 28.8 Å². The summed E-state index contributed by atoms with van der Waals surface area (Å²) in [4.78, 5) is 24.8. The summed E-state index contributed by atoms with van der Waals surface area (Å²) in [5.41, 5.74) is 5.47. The third-order valence-corrected chi connectivity index (χ3v) is 10.8. The molecule has 2 amide bonds. The van der Waals surface area contributed by atoms with E-state index in [1.807, 2.05) is 0 Å². The van der Waals surface area contributed by atoms with Gasteiger partial charge in [-0.05, 0) is 67.4 Å². The number of nitrogens with zero attached hydrogens (tertiary/aromatic N) is 2. The summed E-state index contributed by atoms with van der Waals surface area (Å²) < 4.78 is 28.7. The fourth-order valence-electron chi connectivity index (χ4n) is 7.34. The predicted octanol–water partition coefficient (Wildman–Crippen LogP) is 2.56. The number of primary amides is 1. The van der Waals surface area contributed by atoms with Gasteiger partial charge in [0.15, 0.2) is 0 Å². The second kappa shape index (κ2) is 9.47. The fraction of sp³-hybridized carbons (Fsp3) is 0.652. The third-order valence-electron chi connectivity index (χ3n) is 8.22. The molecule has 1 aromatic rings. The van der Waals surface area contributed by atoms with Crippen molar-refractivity contribution in [3.8, 4) is 0 Å². The Morgan fingerprint density at radius 2 is 1.69 bits per heavy atom. The average Bonchev–Trinajstić information content (AvgIpc) is 2.72. The maximum absolute atomic E-state index is 13.4. The minimum Gasteiger partial charge on any atom is -0.390 e. The monoisotopic (exact) mass is 578 g/mol. The summed E-state index contributed by atoms with van der Waals surface area (Å²) in [7, 11) is -4.21. The Balaban J connectivity index is 1.31. The molecule has 1 saturated heterocycles. The van der Waals surface area contributed by atoms with E-state index in [0.717, 1.165) is 40.7 Å². The van der Waals surface area contributed by atoms with Crippen molar-refractivity contribution in [2.24, 2.45) is 28.9 Å². The molecular formula is C23H29Cl3N4O5S. The molecule has 13 heteroatoms. The van der Waals surface area contributed by atoms with Crippen LogP contribution in [0.15, 0.2) is 12.1 Å². The summed E-state index contributed by atoms with van der Waals surface area (Å²) in [5, 5.41) is 13.8. The fourth-order valence-corrected chi connectivity index (χ4v) is 10.2. The van der Waals surface area contributed by atoms with Gasteiger partial charge in [-0.1, -0.05) is 34.8 Å². The summed E-state index contributed by atoms with van der Waals surface area (Å²) in [6.45, 7) is -0.918. The standard InChI is InChI=1S/C23H29Cl3N4O5S/c24-15-3-17(25)22(18(26)4-15)30-10-16(31)9-29(36(30,34)35)11-20(33)28-21-13-1-12-2-14(21)7-23(5-12,6-13)8-19(27)32/h3-4,12-14,16,21,31H,1-2,5-11H2,(H2,27,32)(H,28,33). The van der Waals surface area contributed by atoms with Crippen LogP contribution < -0.4 is 15.4 Å². The van der Waals surface area contributed by atoms with Gasteiger partial charge in [-0.2, -0.15) is 12.7 Å². The van der Waals surface area contributed by atoms with Gasteiger partial charge in [-0.15, -0.1) is 0 Å². The molecule has 4 aliphatic carbocycles. The van der Waals surface area contributed by atoms with Crippen molar-refractivity contribution < 1.29 is 23.1 Å². The highest BCUT2D eigenvalue weighted by Crippen LogP contribution is 2.61. The van der Waals surface area contributed by atoms with Crippen LogP contribution in [0.3, 0.4) is 0 Å². The minimum atomic E-state index is -4.21. The molecule has 4 N–H and O–H groups in total. The Labute approximate surface area is 225 Å². The normalized spacial score (nSPS) is 35.1. The number of anilines is 1. The number of aliphatic hydroxyl groups excluding tert-OH is 1. The first-order chi connectivity index (χ1) is 16.9. The van der Waals surface area contributed by atoms with Crippen LogP contribution in [0.2, 0.25) is 15.1 Å². The number of halogens is 3. The lowest BCUT2D eigenvalue weighted by Crippen LogP contribution is -2.62. The summed E-state index contributed by atoms with van der Waals surface area (Å²) in [6.07, 6.45) is 4.00. The van der Waals surface area contributed by atoms with E-state index in [1.165, 1.54) is 12.1 Å². The highest BCUT2D eigenvalue weighted by Gasteiger charge is 2.56. The molecule has 198 valence electrons. The largest absolute Gasteiger partial charge is 0.390 e. The minimum absolute atomic E-state index is 0.00711. The van der Waals surface area contributed by atoms with Gasteiger partial charge in [0.1, 0.15) is 0 Å². The second-order valence-corrected chi connectivity index (χ2v) is 14.0. The number of hydrogen-bond donors (Lipinski definition) is 3. The number of hydrogen-bond acceptors (Lipinski definition) is 5. The van der Waals surface area contributed by atoms with Crippen LogP contribution in [0, 0.1) is 23.2 Å². The number of nitrogens with two attached hydrogens (primary N) is 1. The zero-order valence-electron chi connectivity index (χ0n) is 19.5. The maximum Gasteiger partial charge on any atom is 0.304 e. The summed E-state index contributed by atoms with van der Waals surface area (Å²) in [6, 6.07) is 2.67. The number of carbonyl (C=O) groups excluding carboxylic acids is 2. The lowest BCUT2D eigenvalue weighted by molar-refractivity contribution is -0.134. The Kier molecular flexibility index (Phi) is 6.92. The Morgan fingerprint density at radius 3 is 2.28 bits per heavy atom. The number of aliphatic hydroxyl groups is 1. The molecule has 4 saturated carbocycles. The quantitative estimate of drug-likeness (QED) is 0.476. The lowest BCUT2D eigenvalue weighted by Gasteiger charge is -2.60. The summed E-state index contributed by atoms with van der Waals surface area (Å²) >= 11 is 18.5. The molecule has 9 nitrogen and oxygen atoms in total. The van der Waals surface area contributed by atoms with Crippen molar-refractivity contribution in [2.75, 3.05) is 23.9 Å². The van der Waals surface area contributed by atoms with Crippen molar-refractivity contribution in [1.82, 2.24) is 9.62 Å². The molecule has 5 fully saturated rings. The summed E-state index contributed by atoms with van der Waals surface area (Å²) in [5.74, 6) is 0.312. The SMILES string of the molecule is NC(=O)CC12CC3CC(C1)C(NC(=O)CN1CC(O)CN(c4c(Cl)cc(Cl)cc4Cl)S1(=O)=O)C(C3)C2. The Bertz CT molecular complexity index is 1160. The van der Waals surface area contributed by atoms with Crippen molar-refractivity contribution in [3.05, 3.63) is 27.2 Å². The number of carbonyl (C=O) groups is 2. The molecule has 1 aliphatic heterocycles.